The third kappa shape index (κ3) is 2.91. The molecule has 17 heavy (non-hydrogen) atoms. The lowest BCUT2D eigenvalue weighted by Crippen LogP contribution is -2.49. The quantitative estimate of drug-likeness (QED) is 0.660. The van der Waals surface area contributed by atoms with Crippen molar-refractivity contribution in [1.82, 2.24) is 15.3 Å². The van der Waals surface area contributed by atoms with E-state index in [-0.39, 0.29) is 29.2 Å². The third-order valence-corrected chi connectivity index (χ3v) is 3.04. The van der Waals surface area contributed by atoms with Gasteiger partial charge in [0.05, 0.1) is 6.20 Å². The molecule has 0 saturated heterocycles. The summed E-state index contributed by atoms with van der Waals surface area (Å²) in [6.07, 6.45) is 6.43. The molecular weight excluding hydrogens is 220 g/mol. The van der Waals surface area contributed by atoms with Crippen molar-refractivity contribution in [1.29, 1.82) is 0 Å². The molecule has 1 saturated carbocycles. The number of aromatic nitrogens is 2. The van der Waals surface area contributed by atoms with Gasteiger partial charge in [0, 0.05) is 18.3 Å². The van der Waals surface area contributed by atoms with E-state index in [9.17, 15) is 9.59 Å². The molecule has 0 spiro atoms. The summed E-state index contributed by atoms with van der Waals surface area (Å²) in [5.41, 5.74) is 5.82. The lowest BCUT2D eigenvalue weighted by atomic mass is 9.91. The molecule has 0 radical (unpaired) electrons. The van der Waals surface area contributed by atoms with Gasteiger partial charge in [-0.05, 0) is 12.8 Å². The largest absolute Gasteiger partial charge is 0.346 e. The van der Waals surface area contributed by atoms with Gasteiger partial charge >= 0.3 is 0 Å². The van der Waals surface area contributed by atoms with Crippen molar-refractivity contribution < 1.29 is 4.79 Å². The minimum absolute atomic E-state index is 0.00461. The third-order valence-electron chi connectivity index (χ3n) is 3.04. The molecule has 2 rings (SSSR count). The Kier molecular flexibility index (Phi) is 3.53. The van der Waals surface area contributed by atoms with E-state index in [1.54, 1.807) is 0 Å². The summed E-state index contributed by atoms with van der Waals surface area (Å²) in [5.74, 6) is -0.288. The van der Waals surface area contributed by atoms with Gasteiger partial charge in [-0.15, -0.1) is 0 Å². The van der Waals surface area contributed by atoms with Crippen LogP contribution in [-0.2, 0) is 0 Å². The highest BCUT2D eigenvalue weighted by atomic mass is 16.2. The van der Waals surface area contributed by atoms with Gasteiger partial charge in [-0.2, -0.15) is 0 Å². The molecule has 6 heteroatoms. The summed E-state index contributed by atoms with van der Waals surface area (Å²) in [4.78, 5) is 28.8. The van der Waals surface area contributed by atoms with E-state index >= 15 is 0 Å². The molecule has 1 aromatic heterocycles. The number of aromatic amines is 1. The maximum atomic E-state index is 11.8. The first kappa shape index (κ1) is 11.8. The number of carbonyl (C=O) groups excluding carboxylic acids is 1. The molecule has 6 nitrogen and oxygen atoms in total. The smallest absolute Gasteiger partial charge is 0.271 e. The molecule has 92 valence electrons. The topological polar surface area (TPSA) is 101 Å². The van der Waals surface area contributed by atoms with Crippen molar-refractivity contribution in [3.63, 3.8) is 0 Å². The van der Waals surface area contributed by atoms with Crippen molar-refractivity contribution >= 4 is 5.91 Å². The standard InChI is InChI=1S/C11H16N4O2/c12-7-3-1-2-4-8(7)15-11(17)9-5-14-10(16)6-13-9/h5-8H,1-4,12H2,(H,14,16)(H,15,17). The SMILES string of the molecule is NC1CCCCC1NC(=O)c1c[nH]c(=O)cn1. The number of nitrogens with zero attached hydrogens (tertiary/aromatic N) is 1. The van der Waals surface area contributed by atoms with Gasteiger partial charge in [0.15, 0.2) is 0 Å². The van der Waals surface area contributed by atoms with Gasteiger partial charge in [-0.3, -0.25) is 9.59 Å². The van der Waals surface area contributed by atoms with E-state index in [2.05, 4.69) is 15.3 Å². The van der Waals surface area contributed by atoms with Crippen LogP contribution in [0.4, 0.5) is 0 Å². The van der Waals surface area contributed by atoms with Gasteiger partial charge in [-0.1, -0.05) is 12.8 Å². The molecule has 0 bridgehead atoms. The second-order valence-corrected chi connectivity index (χ2v) is 4.32. The number of H-pyrrole nitrogens is 1. The lowest BCUT2D eigenvalue weighted by molar-refractivity contribution is 0.0915. The van der Waals surface area contributed by atoms with Gasteiger partial charge in [0.1, 0.15) is 5.69 Å². The predicted octanol–water partition coefficient (Wildman–Crippen LogP) is -0.230. The maximum absolute atomic E-state index is 11.8. The Morgan fingerprint density at radius 3 is 2.88 bits per heavy atom. The van der Waals surface area contributed by atoms with E-state index in [0.29, 0.717) is 0 Å². The van der Waals surface area contributed by atoms with Crippen molar-refractivity contribution in [3.8, 4) is 0 Å². The first-order valence-corrected chi connectivity index (χ1v) is 5.78. The van der Waals surface area contributed by atoms with Gasteiger partial charge in [-0.25, -0.2) is 4.98 Å². The van der Waals surface area contributed by atoms with Crippen LogP contribution in [0.2, 0.25) is 0 Å². The number of nitrogens with one attached hydrogen (secondary N) is 2. The molecule has 1 aromatic rings. The molecule has 1 heterocycles. The molecule has 1 fully saturated rings. The van der Waals surface area contributed by atoms with Gasteiger partial charge < -0.3 is 16.0 Å². The van der Waals surface area contributed by atoms with Crippen LogP contribution in [0.15, 0.2) is 17.2 Å². The molecule has 2 atom stereocenters. The van der Waals surface area contributed by atoms with Crippen LogP contribution in [0.25, 0.3) is 0 Å². The number of amides is 1. The van der Waals surface area contributed by atoms with E-state index < -0.39 is 0 Å². The van der Waals surface area contributed by atoms with Gasteiger partial charge in [0.2, 0.25) is 0 Å². The Morgan fingerprint density at radius 1 is 1.47 bits per heavy atom. The Hall–Kier alpha value is -1.69. The summed E-state index contributed by atoms with van der Waals surface area (Å²) in [7, 11) is 0. The highest BCUT2D eigenvalue weighted by Gasteiger charge is 2.23. The van der Waals surface area contributed by atoms with E-state index in [1.165, 1.54) is 6.20 Å². The predicted molar refractivity (Wildman–Crippen MR) is 62.6 cm³/mol. The van der Waals surface area contributed by atoms with E-state index in [4.69, 9.17) is 5.73 Å². The Balaban J connectivity index is 2.01. The monoisotopic (exact) mass is 236 g/mol. The number of hydrogen-bond donors (Lipinski definition) is 3. The highest BCUT2D eigenvalue weighted by Crippen LogP contribution is 2.16. The Morgan fingerprint density at radius 2 is 2.24 bits per heavy atom. The fourth-order valence-electron chi connectivity index (χ4n) is 2.05. The number of rotatable bonds is 2. The van der Waals surface area contributed by atoms with E-state index in [0.717, 1.165) is 31.9 Å². The van der Waals surface area contributed by atoms with Crippen LogP contribution >= 0.6 is 0 Å². The molecule has 1 amide bonds. The molecule has 0 aromatic carbocycles. The second-order valence-electron chi connectivity index (χ2n) is 4.32. The molecule has 1 aliphatic rings. The summed E-state index contributed by atoms with van der Waals surface area (Å²) in [6, 6.07) is 0.0143. The highest BCUT2D eigenvalue weighted by molar-refractivity contribution is 5.92. The summed E-state index contributed by atoms with van der Waals surface area (Å²) >= 11 is 0. The van der Waals surface area contributed by atoms with Crippen LogP contribution in [0.1, 0.15) is 36.2 Å². The van der Waals surface area contributed by atoms with E-state index in [1.807, 2.05) is 0 Å². The van der Waals surface area contributed by atoms with Crippen LogP contribution in [-0.4, -0.2) is 28.0 Å². The van der Waals surface area contributed by atoms with Crippen LogP contribution in [0.5, 0.6) is 0 Å². The van der Waals surface area contributed by atoms with Crippen LogP contribution in [0, 0.1) is 0 Å². The number of hydrogen-bond acceptors (Lipinski definition) is 4. The normalized spacial score (nSPS) is 24.3. The maximum Gasteiger partial charge on any atom is 0.271 e. The average Bonchev–Trinajstić information content (AvgIpc) is 2.33. The second kappa shape index (κ2) is 5.09. The van der Waals surface area contributed by atoms with Crippen LogP contribution < -0.4 is 16.6 Å². The summed E-state index contributed by atoms with van der Waals surface area (Å²) in [6.45, 7) is 0. The van der Waals surface area contributed by atoms with Crippen molar-refractivity contribution in [2.24, 2.45) is 5.73 Å². The summed E-state index contributed by atoms with van der Waals surface area (Å²) in [5, 5.41) is 2.86. The molecule has 4 N–H and O–H groups in total. The Bertz CT molecular complexity index is 437. The fourth-order valence-corrected chi connectivity index (χ4v) is 2.05. The fraction of sp³-hybridized carbons (Fsp3) is 0.545. The minimum atomic E-state index is -0.323. The minimum Gasteiger partial charge on any atom is -0.346 e. The molecule has 2 unspecified atom stereocenters. The molecule has 1 aliphatic carbocycles. The Labute approximate surface area is 98.6 Å². The first-order chi connectivity index (χ1) is 8.16. The lowest BCUT2D eigenvalue weighted by Gasteiger charge is -2.29. The zero-order chi connectivity index (χ0) is 12.3. The molecular formula is C11H16N4O2. The number of carbonyl (C=O) groups is 1. The summed E-state index contributed by atoms with van der Waals surface area (Å²) < 4.78 is 0. The van der Waals surface area contributed by atoms with Crippen molar-refractivity contribution in [2.45, 2.75) is 37.8 Å². The van der Waals surface area contributed by atoms with Crippen molar-refractivity contribution in [3.05, 3.63) is 28.4 Å². The zero-order valence-electron chi connectivity index (χ0n) is 9.48. The first-order valence-electron chi connectivity index (χ1n) is 5.78. The zero-order valence-corrected chi connectivity index (χ0v) is 9.48. The van der Waals surface area contributed by atoms with Crippen LogP contribution in [0.3, 0.4) is 0 Å². The van der Waals surface area contributed by atoms with Gasteiger partial charge in [0.25, 0.3) is 11.5 Å². The number of nitrogens with two attached hydrogens (primary N) is 1. The van der Waals surface area contributed by atoms with Crippen molar-refractivity contribution in [2.75, 3.05) is 0 Å². The average molecular weight is 236 g/mol. The molecule has 0 aliphatic heterocycles.